The molecule has 122 valence electrons. The zero-order valence-corrected chi connectivity index (χ0v) is 13.8. The van der Waals surface area contributed by atoms with Gasteiger partial charge in [-0.2, -0.15) is 16.8 Å². The molecule has 0 rings (SSSR count). The molecule has 0 saturated carbocycles. The smallest absolute Gasteiger partial charge is 0.270 e. The van der Waals surface area contributed by atoms with Gasteiger partial charge in [-0.1, -0.05) is 0 Å². The Morgan fingerprint density at radius 1 is 0.900 bits per heavy atom. The average Bonchev–Trinajstić information content (AvgIpc) is 2.22. The quantitative estimate of drug-likeness (QED) is 0.396. The van der Waals surface area contributed by atoms with Gasteiger partial charge >= 0.3 is 0 Å². The van der Waals surface area contributed by atoms with Crippen molar-refractivity contribution in [3.63, 3.8) is 0 Å². The second-order valence-corrected chi connectivity index (χ2v) is 8.76. The number of hydrogen-bond acceptors (Lipinski definition) is 5. The molecular weight excluding hydrogens is 308 g/mol. The fourth-order valence-corrected chi connectivity index (χ4v) is 2.89. The van der Waals surface area contributed by atoms with Crippen molar-refractivity contribution >= 4 is 20.2 Å². The van der Waals surface area contributed by atoms with Gasteiger partial charge in [0.1, 0.15) is 5.75 Å². The van der Waals surface area contributed by atoms with Crippen molar-refractivity contribution in [2.24, 2.45) is 0 Å². The molecule has 8 nitrogen and oxygen atoms in total. The van der Waals surface area contributed by atoms with Crippen molar-refractivity contribution in [2.45, 2.75) is 6.42 Å². The molecule has 0 fully saturated rings. The van der Waals surface area contributed by atoms with Crippen molar-refractivity contribution in [3.05, 3.63) is 0 Å². The van der Waals surface area contributed by atoms with Gasteiger partial charge in [0.05, 0.1) is 32.9 Å². The van der Waals surface area contributed by atoms with Crippen LogP contribution < -0.4 is 0 Å². The van der Waals surface area contributed by atoms with Crippen LogP contribution in [0.3, 0.4) is 0 Å². The van der Waals surface area contributed by atoms with Crippen LogP contribution in [0.25, 0.3) is 0 Å². The number of quaternary nitrogens is 1. The highest BCUT2D eigenvalue weighted by Crippen LogP contribution is 2.02. The molecule has 0 atom stereocenters. The molecule has 0 unspecified atom stereocenters. The van der Waals surface area contributed by atoms with E-state index in [4.69, 9.17) is 9.11 Å². The first kappa shape index (κ1) is 19.7. The van der Waals surface area contributed by atoms with Crippen molar-refractivity contribution in [1.29, 1.82) is 0 Å². The number of hydrogen-bond donors (Lipinski definition) is 2. The van der Waals surface area contributed by atoms with Crippen LogP contribution in [0.15, 0.2) is 0 Å². The van der Waals surface area contributed by atoms with Crippen molar-refractivity contribution in [2.75, 3.05) is 58.8 Å². The van der Waals surface area contributed by atoms with Crippen LogP contribution in [-0.4, -0.2) is 94.2 Å². The number of rotatable bonds is 10. The third-order valence-electron chi connectivity index (χ3n) is 2.99. The van der Waals surface area contributed by atoms with Gasteiger partial charge in [0.25, 0.3) is 20.2 Å². The van der Waals surface area contributed by atoms with Crippen molar-refractivity contribution in [3.8, 4) is 0 Å². The van der Waals surface area contributed by atoms with Gasteiger partial charge in [-0.25, -0.2) is 0 Å². The summed E-state index contributed by atoms with van der Waals surface area (Å²) in [5, 5.41) is 0. The molecule has 0 aromatic carbocycles. The van der Waals surface area contributed by atoms with E-state index in [2.05, 4.69) is 0 Å². The molecule has 0 saturated heterocycles. The molecule has 0 aliphatic rings. The Kier molecular flexibility index (Phi) is 7.56. The highest BCUT2D eigenvalue weighted by molar-refractivity contribution is 7.86. The monoisotopic (exact) mass is 333 g/mol. The third-order valence-corrected chi connectivity index (χ3v) is 4.39. The fourth-order valence-electron chi connectivity index (χ4n) is 1.63. The fraction of sp³-hybridized carbons (Fsp3) is 1.00. The Balaban J connectivity index is 3.97. The lowest BCUT2D eigenvalue weighted by molar-refractivity contribution is -0.888. The van der Waals surface area contributed by atoms with E-state index in [1.165, 1.54) is 0 Å². The van der Waals surface area contributed by atoms with Crippen LogP contribution in [0.1, 0.15) is 6.42 Å². The average molecular weight is 333 g/mol. The van der Waals surface area contributed by atoms with Gasteiger partial charge in [-0.3, -0.25) is 9.11 Å². The van der Waals surface area contributed by atoms with Gasteiger partial charge < -0.3 is 9.38 Å². The Bertz CT molecular complexity index is 486. The molecule has 0 aliphatic carbocycles. The summed E-state index contributed by atoms with van der Waals surface area (Å²) in [5.74, 6) is -0.580. The highest BCUT2D eigenvalue weighted by atomic mass is 32.2. The van der Waals surface area contributed by atoms with Crippen LogP contribution in [0.2, 0.25) is 0 Å². The first-order valence-electron chi connectivity index (χ1n) is 6.22. The van der Waals surface area contributed by atoms with Gasteiger partial charge in [0.2, 0.25) is 0 Å². The van der Waals surface area contributed by atoms with Crippen LogP contribution in [0.4, 0.5) is 0 Å². The lowest BCUT2D eigenvalue weighted by atomic mass is 10.3. The minimum absolute atomic E-state index is 0.247. The molecule has 0 spiro atoms. The minimum Gasteiger partial charge on any atom is -0.328 e. The minimum atomic E-state index is -3.94. The van der Waals surface area contributed by atoms with Gasteiger partial charge in [-0.05, 0) is 7.05 Å². The molecule has 0 aromatic heterocycles. The lowest BCUT2D eigenvalue weighted by Gasteiger charge is -2.30. The zero-order valence-electron chi connectivity index (χ0n) is 12.2. The van der Waals surface area contributed by atoms with E-state index < -0.39 is 20.2 Å². The summed E-state index contributed by atoms with van der Waals surface area (Å²) in [6, 6.07) is 0. The third kappa shape index (κ3) is 12.8. The first-order chi connectivity index (χ1) is 8.81. The predicted octanol–water partition coefficient (Wildman–Crippen LogP) is -0.840. The zero-order chi connectivity index (χ0) is 16.0. The molecule has 2 N–H and O–H groups in total. The molecular formula is C10H25N2O6S2+. The van der Waals surface area contributed by atoms with Crippen LogP contribution >= 0.6 is 0 Å². The Labute approximate surface area is 121 Å². The van der Waals surface area contributed by atoms with E-state index in [1.807, 2.05) is 14.1 Å². The van der Waals surface area contributed by atoms with Crippen molar-refractivity contribution < 1.29 is 30.4 Å². The molecule has 0 aliphatic heterocycles. The summed E-state index contributed by atoms with van der Waals surface area (Å²) >= 11 is 0. The molecule has 0 amide bonds. The second-order valence-electron chi connectivity index (χ2n) is 5.61. The van der Waals surface area contributed by atoms with E-state index in [9.17, 15) is 16.8 Å². The van der Waals surface area contributed by atoms with Gasteiger partial charge in [0, 0.05) is 19.5 Å². The summed E-state index contributed by atoms with van der Waals surface area (Å²) in [6.45, 7) is 1.90. The Morgan fingerprint density at radius 3 is 1.85 bits per heavy atom. The van der Waals surface area contributed by atoms with Gasteiger partial charge in [-0.15, -0.1) is 0 Å². The van der Waals surface area contributed by atoms with E-state index >= 15 is 0 Å². The van der Waals surface area contributed by atoms with E-state index in [0.29, 0.717) is 24.1 Å². The summed E-state index contributed by atoms with van der Waals surface area (Å²) in [7, 11) is -2.40. The normalized spacial score (nSPS) is 13.9. The maximum Gasteiger partial charge on any atom is 0.270 e. The SMILES string of the molecule is CN(CCC[N+](C)(C)CCS(=O)(=O)O)CCS(=O)(=O)O. The maximum atomic E-state index is 10.7. The first-order valence-corrected chi connectivity index (χ1v) is 9.43. The van der Waals surface area contributed by atoms with Crippen LogP contribution in [-0.2, 0) is 20.2 Å². The van der Waals surface area contributed by atoms with Crippen LogP contribution in [0, 0.1) is 0 Å². The molecule has 0 heterocycles. The molecule has 20 heavy (non-hydrogen) atoms. The Morgan fingerprint density at radius 2 is 1.40 bits per heavy atom. The van der Waals surface area contributed by atoms with Crippen molar-refractivity contribution in [1.82, 2.24) is 4.90 Å². The van der Waals surface area contributed by atoms with E-state index in [0.717, 1.165) is 6.42 Å². The molecule has 0 radical (unpaired) electrons. The standard InChI is InChI=1S/C10H24N2O6S2/c1-11(6-9-19(13,14)15)5-4-7-12(2,3)8-10-20(16,17)18/h4-10H2,1-3H3,(H-,13,14,15,16,17,18)/p+1. The topological polar surface area (TPSA) is 112 Å². The van der Waals surface area contributed by atoms with Gasteiger partial charge in [0.15, 0.2) is 0 Å². The predicted molar refractivity (Wildman–Crippen MR) is 76.8 cm³/mol. The number of nitrogens with zero attached hydrogens (tertiary/aromatic N) is 2. The molecule has 0 aromatic rings. The maximum absolute atomic E-state index is 10.7. The Hall–Kier alpha value is -0.260. The van der Waals surface area contributed by atoms with Crippen LogP contribution in [0.5, 0.6) is 0 Å². The lowest BCUT2D eigenvalue weighted by Crippen LogP contribution is -2.44. The highest BCUT2D eigenvalue weighted by Gasteiger charge is 2.19. The summed E-state index contributed by atoms with van der Waals surface area (Å²) in [5.41, 5.74) is 0. The molecule has 0 bridgehead atoms. The van der Waals surface area contributed by atoms with E-state index in [-0.39, 0.29) is 18.1 Å². The van der Waals surface area contributed by atoms with E-state index in [1.54, 1.807) is 11.9 Å². The molecule has 10 heteroatoms. The summed E-state index contributed by atoms with van der Waals surface area (Å²) in [6.07, 6.45) is 0.750. The summed E-state index contributed by atoms with van der Waals surface area (Å²) < 4.78 is 60.4. The summed E-state index contributed by atoms with van der Waals surface area (Å²) in [4.78, 5) is 1.79. The second kappa shape index (κ2) is 7.66. The largest absolute Gasteiger partial charge is 0.328 e.